The molecule has 0 radical (unpaired) electrons. The summed E-state index contributed by atoms with van der Waals surface area (Å²) in [6.45, 7) is 8.34. The fourth-order valence-electron chi connectivity index (χ4n) is 1.90. The predicted molar refractivity (Wildman–Crippen MR) is 80.7 cm³/mol. The van der Waals surface area contributed by atoms with E-state index in [0.29, 0.717) is 0 Å². The van der Waals surface area contributed by atoms with E-state index in [1.807, 2.05) is 60.8 Å². The van der Waals surface area contributed by atoms with Crippen molar-refractivity contribution in [1.29, 1.82) is 0 Å². The summed E-state index contributed by atoms with van der Waals surface area (Å²) in [5.41, 5.74) is 0.166. The largest absolute Gasteiger partial charge is 0.383 e. The van der Waals surface area contributed by atoms with E-state index in [9.17, 15) is 5.11 Å². The van der Waals surface area contributed by atoms with Gasteiger partial charge in [0.15, 0.2) is 0 Å². The summed E-state index contributed by atoms with van der Waals surface area (Å²) in [5.74, 6) is 2.01. The van der Waals surface area contributed by atoms with Gasteiger partial charge in [-0.25, -0.2) is 0 Å². The maximum atomic E-state index is 10.9. The van der Waals surface area contributed by atoms with E-state index in [0.717, 1.165) is 17.1 Å². The van der Waals surface area contributed by atoms with Gasteiger partial charge in [-0.05, 0) is 30.9 Å². The molecule has 0 saturated carbocycles. The number of benzene rings is 1. The Morgan fingerprint density at radius 3 is 1.88 bits per heavy atom. The van der Waals surface area contributed by atoms with Crippen LogP contribution in [0.2, 0.25) is 0 Å². The van der Waals surface area contributed by atoms with Crippen LogP contribution in [0.4, 0.5) is 0 Å². The topological polar surface area (TPSA) is 20.2 Å². The van der Waals surface area contributed by atoms with Crippen LogP contribution < -0.4 is 0 Å². The van der Waals surface area contributed by atoms with Gasteiger partial charge in [0.05, 0.1) is 4.08 Å². The quantitative estimate of drug-likeness (QED) is 0.785. The van der Waals surface area contributed by atoms with Crippen LogP contribution in [0.15, 0.2) is 30.3 Å². The Morgan fingerprint density at radius 2 is 1.47 bits per heavy atom. The number of hydrogen-bond donors (Lipinski definition) is 1. The molecule has 0 bridgehead atoms. The molecule has 3 heteroatoms. The smallest absolute Gasteiger partial charge is 0.110 e. The number of aliphatic hydroxyl groups is 1. The third-order valence-corrected chi connectivity index (χ3v) is 6.24. The molecule has 1 aromatic rings. The molecule has 1 N–H and O–H groups in total. The standard InChI is InChI=1S/C14H22OS2/c1-5-16-14(4,17-6-2)13(3,15)12-10-8-7-9-11-12/h7-11,15H,5-6H2,1-4H3. The Kier molecular flexibility index (Phi) is 5.42. The first-order chi connectivity index (χ1) is 7.98. The molecular weight excluding hydrogens is 248 g/mol. The summed E-state index contributed by atoms with van der Waals surface area (Å²) in [6, 6.07) is 9.96. The zero-order chi connectivity index (χ0) is 12.9. The minimum Gasteiger partial charge on any atom is -0.383 e. The van der Waals surface area contributed by atoms with Crippen molar-refractivity contribution in [2.45, 2.75) is 37.4 Å². The minimum atomic E-state index is -0.824. The van der Waals surface area contributed by atoms with Crippen molar-refractivity contribution < 1.29 is 5.11 Å². The molecule has 0 spiro atoms. The molecule has 0 aromatic heterocycles. The van der Waals surface area contributed by atoms with Gasteiger partial charge in [0.1, 0.15) is 5.60 Å². The van der Waals surface area contributed by atoms with Gasteiger partial charge in [0, 0.05) is 0 Å². The molecular formula is C14H22OS2. The summed E-state index contributed by atoms with van der Waals surface area (Å²) in [5, 5.41) is 10.9. The fourth-order valence-corrected chi connectivity index (χ4v) is 4.84. The van der Waals surface area contributed by atoms with Crippen molar-refractivity contribution in [3.8, 4) is 0 Å². The predicted octanol–water partition coefficient (Wildman–Crippen LogP) is 4.12. The van der Waals surface area contributed by atoms with Crippen molar-refractivity contribution in [2.75, 3.05) is 11.5 Å². The van der Waals surface area contributed by atoms with E-state index in [4.69, 9.17) is 0 Å². The molecule has 1 atom stereocenters. The summed E-state index contributed by atoms with van der Waals surface area (Å²) in [4.78, 5) is 0. The molecule has 0 heterocycles. The average Bonchev–Trinajstić information content (AvgIpc) is 2.30. The molecule has 0 aliphatic heterocycles. The van der Waals surface area contributed by atoms with Gasteiger partial charge in [-0.1, -0.05) is 44.2 Å². The number of thioether (sulfide) groups is 2. The molecule has 1 rings (SSSR count). The second-order valence-electron chi connectivity index (χ2n) is 4.25. The fraction of sp³-hybridized carbons (Fsp3) is 0.571. The maximum absolute atomic E-state index is 10.9. The molecule has 0 aliphatic rings. The van der Waals surface area contributed by atoms with Crippen molar-refractivity contribution in [3.63, 3.8) is 0 Å². The number of hydrogen-bond acceptors (Lipinski definition) is 3. The first-order valence-electron chi connectivity index (χ1n) is 6.03. The summed E-state index contributed by atoms with van der Waals surface area (Å²) in [7, 11) is 0. The van der Waals surface area contributed by atoms with Crippen molar-refractivity contribution in [2.24, 2.45) is 0 Å². The molecule has 1 aromatic carbocycles. The molecule has 1 nitrogen and oxygen atoms in total. The molecule has 96 valence electrons. The van der Waals surface area contributed by atoms with Crippen LogP contribution in [0.1, 0.15) is 33.3 Å². The summed E-state index contributed by atoms with van der Waals surface area (Å²) >= 11 is 3.64. The van der Waals surface area contributed by atoms with Crippen LogP contribution in [0.25, 0.3) is 0 Å². The van der Waals surface area contributed by atoms with Crippen LogP contribution in [0.3, 0.4) is 0 Å². The Labute approximate surface area is 113 Å². The Bertz CT molecular complexity index is 329. The van der Waals surface area contributed by atoms with Gasteiger partial charge >= 0.3 is 0 Å². The van der Waals surface area contributed by atoms with Gasteiger partial charge < -0.3 is 5.11 Å². The maximum Gasteiger partial charge on any atom is 0.110 e. The van der Waals surface area contributed by atoms with E-state index in [1.165, 1.54) is 0 Å². The highest BCUT2D eigenvalue weighted by Crippen LogP contribution is 2.50. The van der Waals surface area contributed by atoms with E-state index in [-0.39, 0.29) is 4.08 Å². The van der Waals surface area contributed by atoms with Crippen LogP contribution >= 0.6 is 23.5 Å². The zero-order valence-electron chi connectivity index (χ0n) is 11.1. The van der Waals surface area contributed by atoms with Crippen LogP contribution in [0.5, 0.6) is 0 Å². The van der Waals surface area contributed by atoms with Gasteiger partial charge in [-0.3, -0.25) is 0 Å². The highest BCUT2D eigenvalue weighted by molar-refractivity contribution is 8.18. The lowest BCUT2D eigenvalue weighted by Crippen LogP contribution is -2.42. The highest BCUT2D eigenvalue weighted by Gasteiger charge is 2.44. The summed E-state index contributed by atoms with van der Waals surface area (Å²) < 4.78 is -0.210. The molecule has 0 saturated heterocycles. The first-order valence-corrected chi connectivity index (χ1v) is 8.01. The zero-order valence-corrected chi connectivity index (χ0v) is 12.7. The molecule has 0 aliphatic carbocycles. The van der Waals surface area contributed by atoms with Gasteiger partial charge in [-0.2, -0.15) is 0 Å². The summed E-state index contributed by atoms with van der Waals surface area (Å²) in [6.07, 6.45) is 0. The molecule has 17 heavy (non-hydrogen) atoms. The normalized spacial score (nSPS) is 15.6. The third-order valence-electron chi connectivity index (χ3n) is 3.06. The second kappa shape index (κ2) is 6.17. The van der Waals surface area contributed by atoms with Crippen molar-refractivity contribution >= 4 is 23.5 Å². The van der Waals surface area contributed by atoms with Crippen LogP contribution in [-0.2, 0) is 5.60 Å². The highest BCUT2D eigenvalue weighted by atomic mass is 32.2. The van der Waals surface area contributed by atoms with Crippen LogP contribution in [-0.4, -0.2) is 20.7 Å². The lowest BCUT2D eigenvalue weighted by Gasteiger charge is -2.42. The van der Waals surface area contributed by atoms with Gasteiger partial charge in [-0.15, -0.1) is 23.5 Å². The average molecular weight is 270 g/mol. The van der Waals surface area contributed by atoms with E-state index < -0.39 is 5.60 Å². The molecule has 0 amide bonds. The molecule has 0 fully saturated rings. The second-order valence-corrected chi connectivity index (χ2v) is 7.87. The lowest BCUT2D eigenvalue weighted by atomic mass is 9.92. The Balaban J connectivity index is 3.08. The van der Waals surface area contributed by atoms with E-state index in [2.05, 4.69) is 20.8 Å². The molecule has 1 unspecified atom stereocenters. The van der Waals surface area contributed by atoms with E-state index in [1.54, 1.807) is 0 Å². The van der Waals surface area contributed by atoms with Crippen molar-refractivity contribution in [1.82, 2.24) is 0 Å². The Hall–Kier alpha value is -0.120. The number of rotatable bonds is 6. The van der Waals surface area contributed by atoms with Crippen LogP contribution in [0, 0.1) is 0 Å². The first kappa shape index (κ1) is 14.9. The monoisotopic (exact) mass is 270 g/mol. The van der Waals surface area contributed by atoms with E-state index >= 15 is 0 Å². The Morgan fingerprint density at radius 1 is 1.00 bits per heavy atom. The SMILES string of the molecule is CCSC(C)(SCC)C(C)(O)c1ccccc1. The minimum absolute atomic E-state index is 0.210. The third kappa shape index (κ3) is 3.21. The van der Waals surface area contributed by atoms with Gasteiger partial charge in [0.25, 0.3) is 0 Å². The lowest BCUT2D eigenvalue weighted by molar-refractivity contribution is 0.0490. The van der Waals surface area contributed by atoms with Gasteiger partial charge in [0.2, 0.25) is 0 Å². The van der Waals surface area contributed by atoms with Crippen molar-refractivity contribution in [3.05, 3.63) is 35.9 Å².